The van der Waals surface area contributed by atoms with Gasteiger partial charge in [-0.1, -0.05) is 31.2 Å². The van der Waals surface area contributed by atoms with Crippen LogP contribution in [0.5, 0.6) is 0 Å². The Morgan fingerprint density at radius 1 is 1.14 bits per heavy atom. The summed E-state index contributed by atoms with van der Waals surface area (Å²) < 4.78 is 10.9. The first-order chi connectivity index (χ1) is 13.7. The average Bonchev–Trinajstić information content (AvgIpc) is 2.76. The van der Waals surface area contributed by atoms with Crippen molar-refractivity contribution in [1.29, 1.82) is 0 Å². The van der Waals surface area contributed by atoms with Crippen molar-refractivity contribution in [2.45, 2.75) is 38.7 Å². The monoisotopic (exact) mass is 382 g/mol. The predicted octanol–water partition coefficient (Wildman–Crippen LogP) is 3.63. The number of nitrogens with one attached hydrogen (secondary N) is 1. The first-order valence-corrected chi connectivity index (χ1v) is 10.0. The van der Waals surface area contributed by atoms with E-state index in [-0.39, 0.29) is 12.0 Å². The average molecular weight is 383 g/mol. The maximum absolute atomic E-state index is 13.1. The Morgan fingerprint density at radius 3 is 2.39 bits per heavy atom. The van der Waals surface area contributed by atoms with Gasteiger partial charge in [0.25, 0.3) is 0 Å². The van der Waals surface area contributed by atoms with Gasteiger partial charge in [-0.15, -0.1) is 0 Å². The Balaban J connectivity index is 1.72. The molecular formula is C23H30N2O3. The number of rotatable bonds is 8. The molecule has 1 atom stereocenters. The van der Waals surface area contributed by atoms with Gasteiger partial charge in [0, 0.05) is 39.3 Å². The van der Waals surface area contributed by atoms with Gasteiger partial charge in [0.2, 0.25) is 5.91 Å². The van der Waals surface area contributed by atoms with Crippen molar-refractivity contribution in [3.8, 4) is 11.1 Å². The summed E-state index contributed by atoms with van der Waals surface area (Å²) >= 11 is 0. The van der Waals surface area contributed by atoms with Gasteiger partial charge in [-0.25, -0.2) is 0 Å². The second-order valence-electron chi connectivity index (χ2n) is 7.48. The fraction of sp³-hybridized carbons (Fsp3) is 0.478. The molecule has 1 saturated heterocycles. The molecule has 0 radical (unpaired) electrons. The Bertz CT molecular complexity index is 736. The van der Waals surface area contributed by atoms with Crippen LogP contribution < -0.4 is 5.32 Å². The molecule has 1 amide bonds. The van der Waals surface area contributed by atoms with Gasteiger partial charge in [0.1, 0.15) is 0 Å². The molecule has 5 heteroatoms. The molecule has 2 heterocycles. The summed E-state index contributed by atoms with van der Waals surface area (Å²) in [6.45, 7) is 3.87. The first kappa shape index (κ1) is 20.5. The van der Waals surface area contributed by atoms with Crippen LogP contribution in [0.1, 0.15) is 31.7 Å². The Kier molecular flexibility index (Phi) is 7.18. The minimum atomic E-state index is -0.414. The summed E-state index contributed by atoms with van der Waals surface area (Å²) in [5.41, 5.74) is 3.06. The van der Waals surface area contributed by atoms with E-state index in [0.717, 1.165) is 36.8 Å². The summed E-state index contributed by atoms with van der Waals surface area (Å²) in [4.78, 5) is 17.2. The number of benzene rings is 1. The third-order valence-electron chi connectivity index (χ3n) is 5.72. The van der Waals surface area contributed by atoms with Gasteiger partial charge in [-0.2, -0.15) is 0 Å². The van der Waals surface area contributed by atoms with Crippen LogP contribution in [0.25, 0.3) is 11.1 Å². The standard InChI is InChI=1S/C23H30N2O3/c1-3-21(27-2)17-25-22(26)23(10-14-28-15-11-23)16-18-4-6-19(7-5-18)20-8-12-24-13-9-20/h4-9,12-13,21H,3,10-11,14-17H2,1-2H3,(H,25,26). The summed E-state index contributed by atoms with van der Waals surface area (Å²) in [6.07, 6.45) is 6.75. The van der Waals surface area contributed by atoms with Gasteiger partial charge in [-0.3, -0.25) is 9.78 Å². The van der Waals surface area contributed by atoms with E-state index in [2.05, 4.69) is 41.5 Å². The highest BCUT2D eigenvalue weighted by molar-refractivity contribution is 5.83. The van der Waals surface area contributed by atoms with Gasteiger partial charge >= 0.3 is 0 Å². The predicted molar refractivity (Wildman–Crippen MR) is 110 cm³/mol. The summed E-state index contributed by atoms with van der Waals surface area (Å²) in [7, 11) is 1.69. The molecule has 0 saturated carbocycles. The number of aromatic nitrogens is 1. The number of carbonyl (C=O) groups is 1. The highest BCUT2D eigenvalue weighted by Crippen LogP contribution is 2.35. The zero-order valence-corrected chi connectivity index (χ0v) is 16.8. The molecule has 1 unspecified atom stereocenters. The third-order valence-corrected chi connectivity index (χ3v) is 5.72. The van der Waals surface area contributed by atoms with Gasteiger partial charge < -0.3 is 14.8 Å². The molecule has 28 heavy (non-hydrogen) atoms. The number of hydrogen-bond donors (Lipinski definition) is 1. The minimum Gasteiger partial charge on any atom is -0.381 e. The largest absolute Gasteiger partial charge is 0.381 e. The van der Waals surface area contributed by atoms with Crippen LogP contribution in [0.3, 0.4) is 0 Å². The van der Waals surface area contributed by atoms with Crippen molar-refractivity contribution in [2.75, 3.05) is 26.9 Å². The van der Waals surface area contributed by atoms with E-state index in [1.54, 1.807) is 19.5 Å². The van der Waals surface area contributed by atoms with E-state index in [1.807, 2.05) is 12.1 Å². The molecule has 1 N–H and O–H groups in total. The van der Waals surface area contributed by atoms with Crippen LogP contribution in [0.15, 0.2) is 48.8 Å². The highest BCUT2D eigenvalue weighted by atomic mass is 16.5. The zero-order chi connectivity index (χ0) is 19.8. The molecule has 0 spiro atoms. The van der Waals surface area contributed by atoms with Crippen LogP contribution >= 0.6 is 0 Å². The van der Waals surface area contributed by atoms with Gasteiger partial charge in [0.15, 0.2) is 0 Å². The normalized spacial score (nSPS) is 17.1. The number of hydrogen-bond acceptors (Lipinski definition) is 4. The molecular weight excluding hydrogens is 352 g/mol. The van der Waals surface area contributed by atoms with Crippen molar-refractivity contribution < 1.29 is 14.3 Å². The maximum atomic E-state index is 13.1. The maximum Gasteiger partial charge on any atom is 0.226 e. The number of nitrogens with zero attached hydrogens (tertiary/aromatic N) is 1. The van der Waals surface area contributed by atoms with Crippen LogP contribution in [-0.4, -0.2) is 43.9 Å². The number of amides is 1. The molecule has 1 aliphatic heterocycles. The van der Waals surface area contributed by atoms with Crippen molar-refractivity contribution in [3.63, 3.8) is 0 Å². The lowest BCUT2D eigenvalue weighted by Gasteiger charge is -2.36. The number of ether oxygens (including phenoxy) is 2. The van der Waals surface area contributed by atoms with E-state index in [0.29, 0.717) is 19.8 Å². The van der Waals surface area contributed by atoms with Crippen molar-refractivity contribution >= 4 is 5.91 Å². The lowest BCUT2D eigenvalue weighted by atomic mass is 9.74. The molecule has 3 rings (SSSR count). The van der Waals surface area contributed by atoms with Gasteiger partial charge in [-0.05, 0) is 54.5 Å². The topological polar surface area (TPSA) is 60.5 Å². The molecule has 5 nitrogen and oxygen atoms in total. The van der Waals surface area contributed by atoms with E-state index >= 15 is 0 Å². The van der Waals surface area contributed by atoms with Crippen LogP contribution in [-0.2, 0) is 20.7 Å². The van der Waals surface area contributed by atoms with E-state index in [9.17, 15) is 4.79 Å². The molecule has 0 aliphatic carbocycles. The fourth-order valence-corrected chi connectivity index (χ4v) is 3.78. The molecule has 0 bridgehead atoms. The van der Waals surface area contributed by atoms with Crippen molar-refractivity contribution in [3.05, 3.63) is 54.4 Å². The smallest absolute Gasteiger partial charge is 0.226 e. The molecule has 1 fully saturated rings. The summed E-state index contributed by atoms with van der Waals surface area (Å²) in [6, 6.07) is 12.5. The summed E-state index contributed by atoms with van der Waals surface area (Å²) in [5.74, 6) is 0.115. The Morgan fingerprint density at radius 2 is 1.79 bits per heavy atom. The SMILES string of the molecule is CCC(CNC(=O)C1(Cc2ccc(-c3ccncc3)cc2)CCOCC1)OC. The number of pyridine rings is 1. The Hall–Kier alpha value is -2.24. The second kappa shape index (κ2) is 9.80. The number of methoxy groups -OCH3 is 1. The van der Waals surface area contributed by atoms with E-state index < -0.39 is 5.41 Å². The minimum absolute atomic E-state index is 0.0560. The first-order valence-electron chi connectivity index (χ1n) is 10.0. The number of carbonyl (C=O) groups excluding carboxylic acids is 1. The third kappa shape index (κ3) is 4.97. The molecule has 150 valence electrons. The highest BCUT2D eigenvalue weighted by Gasteiger charge is 2.40. The lowest BCUT2D eigenvalue weighted by molar-refractivity contribution is -0.137. The van der Waals surface area contributed by atoms with Crippen molar-refractivity contribution in [1.82, 2.24) is 10.3 Å². The molecule has 1 aromatic heterocycles. The fourth-order valence-electron chi connectivity index (χ4n) is 3.78. The summed E-state index contributed by atoms with van der Waals surface area (Å²) in [5, 5.41) is 3.13. The van der Waals surface area contributed by atoms with Crippen LogP contribution in [0.2, 0.25) is 0 Å². The molecule has 1 aromatic carbocycles. The van der Waals surface area contributed by atoms with Crippen molar-refractivity contribution in [2.24, 2.45) is 5.41 Å². The molecule has 1 aliphatic rings. The Labute approximate surface area is 167 Å². The lowest BCUT2D eigenvalue weighted by Crippen LogP contribution is -2.48. The quantitative estimate of drug-likeness (QED) is 0.757. The van der Waals surface area contributed by atoms with Gasteiger partial charge in [0.05, 0.1) is 11.5 Å². The second-order valence-corrected chi connectivity index (χ2v) is 7.48. The molecule has 2 aromatic rings. The zero-order valence-electron chi connectivity index (χ0n) is 16.8. The van der Waals surface area contributed by atoms with E-state index in [4.69, 9.17) is 9.47 Å². The van der Waals surface area contributed by atoms with E-state index in [1.165, 1.54) is 5.56 Å². The van der Waals surface area contributed by atoms with Crippen LogP contribution in [0, 0.1) is 5.41 Å². The van der Waals surface area contributed by atoms with Crippen LogP contribution in [0.4, 0.5) is 0 Å².